The number of thiophene rings is 1. The van der Waals surface area contributed by atoms with Gasteiger partial charge in [-0.3, -0.25) is 15.0 Å². The van der Waals surface area contributed by atoms with Gasteiger partial charge in [-0.15, -0.1) is 11.3 Å². The minimum atomic E-state index is -1.23. The number of carboxylic acid groups (broad SMARTS) is 2. The fourth-order valence-electron chi connectivity index (χ4n) is 4.76. The number of benzene rings is 2. The summed E-state index contributed by atoms with van der Waals surface area (Å²) >= 11 is 1.02. The van der Waals surface area contributed by atoms with Crippen molar-refractivity contribution >= 4 is 40.4 Å². The van der Waals surface area contributed by atoms with Gasteiger partial charge in [0.15, 0.2) is 0 Å². The van der Waals surface area contributed by atoms with Crippen LogP contribution in [0.3, 0.4) is 0 Å². The quantitative estimate of drug-likeness (QED) is 0.441. The van der Waals surface area contributed by atoms with Gasteiger partial charge in [0.2, 0.25) is 0 Å². The van der Waals surface area contributed by atoms with E-state index in [1.54, 1.807) is 29.2 Å². The van der Waals surface area contributed by atoms with Gasteiger partial charge >= 0.3 is 18.2 Å². The van der Waals surface area contributed by atoms with Gasteiger partial charge in [-0.25, -0.2) is 14.4 Å². The predicted octanol–water partition coefficient (Wildman–Crippen LogP) is 4.26. The molecule has 0 fully saturated rings. The van der Waals surface area contributed by atoms with Crippen LogP contribution in [0.1, 0.15) is 42.3 Å². The summed E-state index contributed by atoms with van der Waals surface area (Å²) < 4.78 is 5.23. The first-order valence-electron chi connectivity index (χ1n) is 11.5. The molecule has 0 saturated carbocycles. The minimum Gasteiger partial charge on any atom is -0.478 e. The predicted molar refractivity (Wildman–Crippen MR) is 134 cm³/mol. The number of rotatable bonds is 6. The maximum absolute atomic E-state index is 12.9. The molecule has 0 aliphatic carbocycles. The van der Waals surface area contributed by atoms with Crippen molar-refractivity contribution in [1.82, 2.24) is 9.80 Å². The molecule has 1 atom stereocenters. The van der Waals surface area contributed by atoms with Gasteiger partial charge in [0.1, 0.15) is 11.6 Å². The number of carboxylic acids is 1. The Bertz CT molecular complexity index is 1390. The molecule has 0 saturated heterocycles. The third-order valence-corrected chi connectivity index (χ3v) is 7.63. The van der Waals surface area contributed by atoms with Crippen LogP contribution in [0.4, 0.5) is 14.6 Å². The first-order valence-corrected chi connectivity index (χ1v) is 12.4. The van der Waals surface area contributed by atoms with Gasteiger partial charge in [-0.2, -0.15) is 0 Å². The molecule has 3 amide bonds. The number of fused-ring (bicyclic) bond motifs is 2. The molecule has 2 aliphatic rings. The SMILES string of the molecule is O=C(Nc1sc2c(c1C(=O)O)C[C@@H](CN1Cc3ccccc3C1=O)N(C(=O)O)C2)OCc1ccccc1. The highest BCUT2D eigenvalue weighted by atomic mass is 32.1. The second-order valence-electron chi connectivity index (χ2n) is 8.81. The van der Waals surface area contributed by atoms with Crippen molar-refractivity contribution in [2.24, 2.45) is 0 Å². The normalized spacial score (nSPS) is 16.2. The Morgan fingerprint density at radius 3 is 2.46 bits per heavy atom. The molecule has 0 bridgehead atoms. The fourth-order valence-corrected chi connectivity index (χ4v) is 5.96. The summed E-state index contributed by atoms with van der Waals surface area (Å²) in [5.41, 5.74) is 2.61. The molecule has 10 nitrogen and oxygen atoms in total. The van der Waals surface area contributed by atoms with Gasteiger partial charge < -0.3 is 19.8 Å². The number of carbonyl (C=O) groups is 4. The largest absolute Gasteiger partial charge is 0.478 e. The Balaban J connectivity index is 1.35. The maximum Gasteiger partial charge on any atom is 0.412 e. The molecule has 2 aromatic carbocycles. The summed E-state index contributed by atoms with van der Waals surface area (Å²) in [5, 5.41) is 22.4. The van der Waals surface area contributed by atoms with Crippen LogP contribution in [0.2, 0.25) is 0 Å². The Kier molecular flexibility index (Phi) is 6.53. The van der Waals surface area contributed by atoms with Gasteiger partial charge in [0, 0.05) is 23.5 Å². The molecule has 37 heavy (non-hydrogen) atoms. The second-order valence-corrected chi connectivity index (χ2v) is 9.92. The van der Waals surface area contributed by atoms with Crippen LogP contribution < -0.4 is 5.32 Å². The zero-order valence-corrected chi connectivity index (χ0v) is 20.4. The maximum atomic E-state index is 12.9. The van der Waals surface area contributed by atoms with Crippen molar-refractivity contribution in [3.63, 3.8) is 0 Å². The lowest BCUT2D eigenvalue weighted by molar-refractivity contribution is 0.0652. The third kappa shape index (κ3) is 4.85. The summed E-state index contributed by atoms with van der Waals surface area (Å²) in [6.07, 6.45) is -1.88. The first-order chi connectivity index (χ1) is 17.8. The van der Waals surface area contributed by atoms with Crippen LogP contribution in [0.15, 0.2) is 54.6 Å². The highest BCUT2D eigenvalue weighted by Gasteiger charge is 2.38. The van der Waals surface area contributed by atoms with E-state index in [4.69, 9.17) is 4.74 Å². The standard InChI is InChI=1S/C26H23N3O7S/c30-23-18-9-5-4-8-16(18)11-28(23)12-17-10-19-20(13-29(17)26(34)35)37-22(21(19)24(31)32)27-25(33)36-14-15-6-2-1-3-7-15/h1-9,17H,10-14H2,(H,27,33)(H,31,32)(H,34,35)/t17-/m0/s1. The number of carbonyl (C=O) groups excluding carboxylic acids is 2. The molecule has 1 aromatic heterocycles. The molecule has 0 unspecified atom stereocenters. The molecule has 190 valence electrons. The Morgan fingerprint density at radius 2 is 1.76 bits per heavy atom. The molecule has 0 spiro atoms. The number of amides is 3. The average molecular weight is 522 g/mol. The van der Waals surface area contributed by atoms with Gasteiger partial charge in [-0.1, -0.05) is 48.5 Å². The monoisotopic (exact) mass is 521 g/mol. The molecule has 5 rings (SSSR count). The molecular formula is C26H23N3O7S. The van der Waals surface area contributed by atoms with Crippen molar-refractivity contribution < 1.29 is 34.1 Å². The molecule has 2 aliphatic heterocycles. The van der Waals surface area contributed by atoms with Gasteiger partial charge in [0.25, 0.3) is 5.91 Å². The number of aromatic carboxylic acids is 1. The lowest BCUT2D eigenvalue weighted by Gasteiger charge is -2.36. The molecular weight excluding hydrogens is 498 g/mol. The summed E-state index contributed by atoms with van der Waals surface area (Å²) in [5.74, 6) is -1.41. The Labute approximate surface area is 215 Å². The summed E-state index contributed by atoms with van der Waals surface area (Å²) in [7, 11) is 0. The number of nitrogens with zero attached hydrogens (tertiary/aromatic N) is 2. The molecule has 11 heteroatoms. The third-order valence-electron chi connectivity index (χ3n) is 6.50. The minimum absolute atomic E-state index is 0.0152. The van der Waals surface area contributed by atoms with Crippen molar-refractivity contribution in [3.8, 4) is 0 Å². The van der Waals surface area contributed by atoms with E-state index in [-0.39, 0.29) is 42.6 Å². The fraction of sp³-hybridized carbons (Fsp3) is 0.231. The zero-order valence-electron chi connectivity index (χ0n) is 19.5. The van der Waals surface area contributed by atoms with Crippen LogP contribution in [0, 0.1) is 0 Å². The molecule has 3 N–H and O–H groups in total. The molecule has 3 aromatic rings. The lowest BCUT2D eigenvalue weighted by atomic mass is 9.96. The van der Waals surface area contributed by atoms with Gasteiger partial charge in [-0.05, 0) is 29.2 Å². The van der Waals surface area contributed by atoms with E-state index in [1.807, 2.05) is 30.3 Å². The lowest BCUT2D eigenvalue weighted by Crippen LogP contribution is -2.49. The number of anilines is 1. The first kappa shape index (κ1) is 24.3. The highest BCUT2D eigenvalue weighted by molar-refractivity contribution is 7.17. The van der Waals surface area contributed by atoms with E-state index >= 15 is 0 Å². The van der Waals surface area contributed by atoms with E-state index < -0.39 is 24.2 Å². The number of hydrogen-bond donors (Lipinski definition) is 3. The van der Waals surface area contributed by atoms with Crippen molar-refractivity contribution in [2.75, 3.05) is 11.9 Å². The topological polar surface area (TPSA) is 136 Å². The van der Waals surface area contributed by atoms with Crippen molar-refractivity contribution in [3.05, 3.63) is 87.3 Å². The van der Waals surface area contributed by atoms with E-state index in [1.165, 1.54) is 4.90 Å². The van der Waals surface area contributed by atoms with Gasteiger partial charge in [0.05, 0.1) is 18.2 Å². The number of ether oxygens (including phenoxy) is 1. The summed E-state index contributed by atoms with van der Waals surface area (Å²) in [6, 6.07) is 15.6. The smallest absolute Gasteiger partial charge is 0.412 e. The van der Waals surface area contributed by atoms with E-state index in [2.05, 4.69) is 5.32 Å². The van der Waals surface area contributed by atoms with Crippen LogP contribution in [-0.2, 0) is 30.9 Å². The van der Waals surface area contributed by atoms with Crippen LogP contribution >= 0.6 is 11.3 Å². The number of hydrogen-bond acceptors (Lipinski definition) is 6. The number of nitrogens with one attached hydrogen (secondary N) is 1. The Morgan fingerprint density at radius 1 is 1.03 bits per heavy atom. The average Bonchev–Trinajstić information content (AvgIpc) is 3.39. The summed E-state index contributed by atoms with van der Waals surface area (Å²) in [4.78, 5) is 52.9. The van der Waals surface area contributed by atoms with E-state index in [9.17, 15) is 29.4 Å². The van der Waals surface area contributed by atoms with Crippen LogP contribution in [0.5, 0.6) is 0 Å². The van der Waals surface area contributed by atoms with Crippen molar-refractivity contribution in [2.45, 2.75) is 32.2 Å². The summed E-state index contributed by atoms with van der Waals surface area (Å²) in [6.45, 7) is 0.453. The zero-order chi connectivity index (χ0) is 26.1. The molecule has 0 radical (unpaired) electrons. The van der Waals surface area contributed by atoms with E-state index in [0.717, 1.165) is 22.5 Å². The Hall–Kier alpha value is -4.38. The highest BCUT2D eigenvalue weighted by Crippen LogP contribution is 2.39. The van der Waals surface area contributed by atoms with Crippen molar-refractivity contribution in [1.29, 1.82) is 0 Å². The van der Waals surface area contributed by atoms with Crippen LogP contribution in [-0.4, -0.2) is 56.7 Å². The molecule has 3 heterocycles. The second kappa shape index (κ2) is 9.94. The van der Waals surface area contributed by atoms with Crippen LogP contribution in [0.25, 0.3) is 0 Å². The van der Waals surface area contributed by atoms with E-state index in [0.29, 0.717) is 22.5 Å².